The predicted molar refractivity (Wildman–Crippen MR) is 126 cm³/mol. The molecule has 0 saturated carbocycles. The fourth-order valence-corrected chi connectivity index (χ4v) is 4.38. The molecular formula is C25H38N4O2. The van der Waals surface area contributed by atoms with E-state index in [9.17, 15) is 9.59 Å². The van der Waals surface area contributed by atoms with E-state index in [1.54, 1.807) is 0 Å². The van der Waals surface area contributed by atoms with Gasteiger partial charge >= 0.3 is 0 Å². The number of allylic oxidation sites excluding steroid dienone is 1. The second-order valence-electron chi connectivity index (χ2n) is 8.93. The molecule has 2 amide bonds. The first-order valence-electron chi connectivity index (χ1n) is 11.7. The van der Waals surface area contributed by atoms with Crippen molar-refractivity contribution in [1.82, 2.24) is 15.1 Å². The Kier molecular flexibility index (Phi) is 8.67. The van der Waals surface area contributed by atoms with Gasteiger partial charge in [0.2, 0.25) is 11.8 Å². The molecule has 0 unspecified atom stereocenters. The van der Waals surface area contributed by atoms with Crippen molar-refractivity contribution >= 4 is 17.5 Å². The number of aryl methyl sites for hydroxylation is 1. The number of benzene rings is 1. The molecule has 0 spiro atoms. The fraction of sp³-hybridized carbons (Fsp3) is 0.600. The molecular weight excluding hydrogens is 388 g/mol. The van der Waals surface area contributed by atoms with E-state index in [0.717, 1.165) is 50.4 Å². The van der Waals surface area contributed by atoms with Gasteiger partial charge in [-0.3, -0.25) is 19.4 Å². The van der Waals surface area contributed by atoms with E-state index < -0.39 is 0 Å². The van der Waals surface area contributed by atoms with Gasteiger partial charge in [0.1, 0.15) is 0 Å². The number of rotatable bonds is 8. The molecule has 2 aliphatic rings. The first-order chi connectivity index (χ1) is 14.9. The summed E-state index contributed by atoms with van der Waals surface area (Å²) in [6.45, 7) is 10.4. The van der Waals surface area contributed by atoms with Gasteiger partial charge in [0.15, 0.2) is 0 Å². The molecule has 1 atom stereocenters. The monoisotopic (exact) mass is 426 g/mol. The molecule has 1 aliphatic heterocycles. The minimum Gasteiger partial charge on any atom is -0.354 e. The van der Waals surface area contributed by atoms with Crippen molar-refractivity contribution in [1.29, 1.82) is 0 Å². The Bertz CT molecular complexity index is 797. The molecule has 3 rings (SSSR count). The van der Waals surface area contributed by atoms with E-state index in [1.165, 1.54) is 36.8 Å². The second kappa shape index (κ2) is 11.4. The van der Waals surface area contributed by atoms with Gasteiger partial charge in [-0.05, 0) is 70.1 Å². The summed E-state index contributed by atoms with van der Waals surface area (Å²) in [6.07, 6.45) is 8.27. The van der Waals surface area contributed by atoms with E-state index >= 15 is 0 Å². The number of carbonyl (C=O) groups excluding carboxylic acids is 2. The molecule has 1 aromatic rings. The Hall–Kier alpha value is -2.18. The van der Waals surface area contributed by atoms with Crippen LogP contribution in [0.5, 0.6) is 0 Å². The lowest BCUT2D eigenvalue weighted by atomic mass is 9.97. The summed E-state index contributed by atoms with van der Waals surface area (Å²) in [5.41, 5.74) is 4.67. The normalized spacial score (nSPS) is 18.9. The van der Waals surface area contributed by atoms with Crippen LogP contribution in [0.1, 0.15) is 50.2 Å². The number of piperazine rings is 1. The molecule has 6 nitrogen and oxygen atoms in total. The van der Waals surface area contributed by atoms with Crippen LogP contribution in [-0.2, 0) is 9.59 Å². The maximum absolute atomic E-state index is 12.6. The van der Waals surface area contributed by atoms with E-state index in [-0.39, 0.29) is 17.9 Å². The van der Waals surface area contributed by atoms with Crippen LogP contribution in [0.3, 0.4) is 0 Å². The maximum Gasteiger partial charge on any atom is 0.238 e. The van der Waals surface area contributed by atoms with E-state index in [2.05, 4.69) is 39.5 Å². The second-order valence-corrected chi connectivity index (χ2v) is 8.93. The van der Waals surface area contributed by atoms with Crippen LogP contribution in [0.4, 0.5) is 5.69 Å². The smallest absolute Gasteiger partial charge is 0.238 e. The van der Waals surface area contributed by atoms with Gasteiger partial charge in [-0.25, -0.2) is 0 Å². The maximum atomic E-state index is 12.6. The number of nitrogens with one attached hydrogen (secondary N) is 2. The summed E-state index contributed by atoms with van der Waals surface area (Å²) in [4.78, 5) is 29.4. The van der Waals surface area contributed by atoms with E-state index in [4.69, 9.17) is 0 Å². The number of anilines is 1. The summed E-state index contributed by atoms with van der Waals surface area (Å²) < 4.78 is 0. The first kappa shape index (κ1) is 23.5. The lowest BCUT2D eigenvalue weighted by molar-refractivity contribution is -0.127. The molecule has 6 heteroatoms. The van der Waals surface area contributed by atoms with Crippen molar-refractivity contribution in [2.24, 2.45) is 0 Å². The number of hydrogen-bond donors (Lipinski definition) is 2. The van der Waals surface area contributed by atoms with Crippen LogP contribution in [0, 0.1) is 13.8 Å². The van der Waals surface area contributed by atoms with Crippen molar-refractivity contribution in [2.75, 3.05) is 44.6 Å². The zero-order chi connectivity index (χ0) is 22.2. The Morgan fingerprint density at radius 1 is 1.10 bits per heavy atom. The fourth-order valence-electron chi connectivity index (χ4n) is 4.38. The van der Waals surface area contributed by atoms with Gasteiger partial charge in [-0.1, -0.05) is 23.8 Å². The van der Waals surface area contributed by atoms with Crippen LogP contribution in [-0.4, -0.2) is 66.9 Å². The topological polar surface area (TPSA) is 64.7 Å². The van der Waals surface area contributed by atoms with Crippen LogP contribution in [0.2, 0.25) is 0 Å². The third-order valence-corrected chi connectivity index (χ3v) is 6.71. The molecule has 2 N–H and O–H groups in total. The van der Waals surface area contributed by atoms with Gasteiger partial charge in [0, 0.05) is 38.4 Å². The highest BCUT2D eigenvalue weighted by atomic mass is 16.2. The van der Waals surface area contributed by atoms with Gasteiger partial charge in [-0.2, -0.15) is 0 Å². The predicted octanol–water partition coefficient (Wildman–Crippen LogP) is 3.25. The summed E-state index contributed by atoms with van der Waals surface area (Å²) in [6, 6.07) is 5.83. The summed E-state index contributed by atoms with van der Waals surface area (Å²) >= 11 is 0. The summed E-state index contributed by atoms with van der Waals surface area (Å²) in [7, 11) is 0. The highest BCUT2D eigenvalue weighted by Gasteiger charge is 2.26. The van der Waals surface area contributed by atoms with Crippen LogP contribution < -0.4 is 10.6 Å². The molecule has 31 heavy (non-hydrogen) atoms. The molecule has 0 bridgehead atoms. The highest BCUT2D eigenvalue weighted by Crippen LogP contribution is 2.20. The molecule has 1 saturated heterocycles. The largest absolute Gasteiger partial charge is 0.354 e. The molecule has 1 heterocycles. The molecule has 1 fully saturated rings. The van der Waals surface area contributed by atoms with Gasteiger partial charge in [0.05, 0.1) is 12.6 Å². The van der Waals surface area contributed by atoms with Crippen LogP contribution in [0.15, 0.2) is 29.8 Å². The first-order valence-corrected chi connectivity index (χ1v) is 11.7. The number of amides is 2. The van der Waals surface area contributed by atoms with Crippen molar-refractivity contribution in [3.8, 4) is 0 Å². The quantitative estimate of drug-likeness (QED) is 0.627. The molecule has 0 aromatic heterocycles. The third kappa shape index (κ3) is 6.91. The zero-order valence-corrected chi connectivity index (χ0v) is 19.4. The SMILES string of the molecule is Cc1cccc(NC(=O)CN2CCN([C@H](C)C(=O)NCCC3=CCCCC3)CC2)c1C. The lowest BCUT2D eigenvalue weighted by Gasteiger charge is -2.37. The Morgan fingerprint density at radius 2 is 1.87 bits per heavy atom. The summed E-state index contributed by atoms with van der Waals surface area (Å²) in [5, 5.41) is 6.15. The molecule has 0 radical (unpaired) electrons. The molecule has 170 valence electrons. The van der Waals surface area contributed by atoms with Gasteiger partial charge in [0.25, 0.3) is 0 Å². The lowest BCUT2D eigenvalue weighted by Crippen LogP contribution is -2.54. The number of carbonyl (C=O) groups is 2. The summed E-state index contributed by atoms with van der Waals surface area (Å²) in [5.74, 6) is 0.127. The molecule has 1 aromatic carbocycles. The van der Waals surface area contributed by atoms with Crippen molar-refractivity contribution in [2.45, 2.75) is 58.9 Å². The average molecular weight is 427 g/mol. The van der Waals surface area contributed by atoms with Crippen molar-refractivity contribution in [3.63, 3.8) is 0 Å². The Balaban J connectivity index is 1.37. The van der Waals surface area contributed by atoms with Crippen LogP contribution in [0.25, 0.3) is 0 Å². The number of hydrogen-bond acceptors (Lipinski definition) is 4. The average Bonchev–Trinajstić information content (AvgIpc) is 2.77. The minimum absolute atomic E-state index is 0.0185. The Morgan fingerprint density at radius 3 is 2.58 bits per heavy atom. The molecule has 1 aliphatic carbocycles. The third-order valence-electron chi connectivity index (χ3n) is 6.71. The van der Waals surface area contributed by atoms with Gasteiger partial charge in [-0.15, -0.1) is 0 Å². The standard InChI is InChI=1S/C25H38N4O2/c1-19-8-7-11-23(20(19)2)27-24(30)18-28-14-16-29(17-15-28)21(3)25(31)26-13-12-22-9-5-4-6-10-22/h7-9,11,21H,4-6,10,12-18H2,1-3H3,(H,26,31)(H,27,30)/t21-/m1/s1. The van der Waals surface area contributed by atoms with Gasteiger partial charge < -0.3 is 10.6 Å². The van der Waals surface area contributed by atoms with Crippen molar-refractivity contribution in [3.05, 3.63) is 41.0 Å². The van der Waals surface area contributed by atoms with Crippen molar-refractivity contribution < 1.29 is 9.59 Å². The highest BCUT2D eigenvalue weighted by molar-refractivity contribution is 5.93. The Labute approximate surface area is 187 Å². The van der Waals surface area contributed by atoms with E-state index in [1.807, 2.05) is 26.0 Å². The van der Waals surface area contributed by atoms with E-state index in [0.29, 0.717) is 6.54 Å². The minimum atomic E-state index is -0.133. The number of nitrogens with zero attached hydrogens (tertiary/aromatic N) is 2. The van der Waals surface area contributed by atoms with Crippen LogP contribution >= 0.6 is 0 Å². The zero-order valence-electron chi connectivity index (χ0n) is 19.4.